The van der Waals surface area contributed by atoms with E-state index in [1.165, 1.54) is 43.9 Å². The normalized spacial score (nSPS) is 15.2. The van der Waals surface area contributed by atoms with Gasteiger partial charge in [-0.05, 0) is 37.0 Å². The molecule has 0 bridgehead atoms. The molecule has 1 saturated carbocycles. The van der Waals surface area contributed by atoms with Crippen LogP contribution in [0.2, 0.25) is 0 Å². The van der Waals surface area contributed by atoms with Crippen molar-refractivity contribution in [3.8, 4) is 0 Å². The molecule has 2 rings (SSSR count). The Bertz CT molecular complexity index is 533. The fourth-order valence-corrected chi connectivity index (χ4v) is 3.75. The van der Waals surface area contributed by atoms with Gasteiger partial charge in [-0.15, -0.1) is 11.8 Å². The molecule has 1 aromatic rings. The molecule has 6 heteroatoms. The summed E-state index contributed by atoms with van der Waals surface area (Å²) in [5, 5.41) is 5.80. The zero-order chi connectivity index (χ0) is 16.5. The second-order valence-corrected chi connectivity index (χ2v) is 7.76. The first-order valence-electron chi connectivity index (χ1n) is 8.03. The van der Waals surface area contributed by atoms with E-state index in [2.05, 4.69) is 26.6 Å². The molecule has 1 aromatic carbocycles. The fourth-order valence-electron chi connectivity index (χ4n) is 2.70. The first-order chi connectivity index (χ1) is 11.1. The Morgan fingerprint density at radius 2 is 1.87 bits per heavy atom. The summed E-state index contributed by atoms with van der Waals surface area (Å²) in [4.78, 5) is 23.6. The summed E-state index contributed by atoms with van der Waals surface area (Å²) in [7, 11) is 0. The Hall–Kier alpha value is -1.01. The van der Waals surface area contributed by atoms with Crippen LogP contribution >= 0.6 is 27.7 Å². The van der Waals surface area contributed by atoms with Crippen LogP contribution < -0.4 is 10.6 Å². The Morgan fingerprint density at radius 3 is 2.61 bits per heavy atom. The summed E-state index contributed by atoms with van der Waals surface area (Å²) in [6.45, 7) is 0.781. The lowest BCUT2D eigenvalue weighted by Crippen LogP contribution is -2.31. The van der Waals surface area contributed by atoms with Crippen molar-refractivity contribution in [3.63, 3.8) is 0 Å². The minimum atomic E-state index is -0.0896. The molecular weight excluding hydrogens is 376 g/mol. The Labute approximate surface area is 150 Å². The van der Waals surface area contributed by atoms with E-state index in [9.17, 15) is 9.59 Å². The van der Waals surface area contributed by atoms with Crippen LogP contribution in [0, 0.1) is 5.92 Å². The van der Waals surface area contributed by atoms with Crippen molar-refractivity contribution in [3.05, 3.63) is 28.7 Å². The van der Waals surface area contributed by atoms with E-state index in [1.807, 2.05) is 24.3 Å². The van der Waals surface area contributed by atoms with Gasteiger partial charge in [0.05, 0.1) is 11.5 Å². The molecular formula is C17H23BrN2O2S. The third-order valence-corrected chi connectivity index (χ3v) is 5.31. The van der Waals surface area contributed by atoms with Gasteiger partial charge in [0, 0.05) is 16.7 Å². The number of benzene rings is 1. The molecule has 0 heterocycles. The third kappa shape index (κ3) is 7.40. The summed E-state index contributed by atoms with van der Waals surface area (Å²) < 4.78 is 0.921. The van der Waals surface area contributed by atoms with Gasteiger partial charge in [0.1, 0.15) is 0 Å². The number of thioether (sulfide) groups is 1. The monoisotopic (exact) mass is 398 g/mol. The highest BCUT2D eigenvalue weighted by atomic mass is 79.9. The highest BCUT2D eigenvalue weighted by Crippen LogP contribution is 2.22. The largest absolute Gasteiger partial charge is 0.355 e. The average Bonchev–Trinajstić information content (AvgIpc) is 2.54. The number of rotatable bonds is 7. The predicted molar refractivity (Wildman–Crippen MR) is 99.7 cm³/mol. The minimum absolute atomic E-state index is 0.0239. The van der Waals surface area contributed by atoms with Crippen LogP contribution in [0.3, 0.4) is 0 Å². The van der Waals surface area contributed by atoms with E-state index < -0.39 is 0 Å². The first kappa shape index (κ1) is 18.3. The van der Waals surface area contributed by atoms with Gasteiger partial charge in [-0.25, -0.2) is 0 Å². The molecule has 4 nitrogen and oxygen atoms in total. The van der Waals surface area contributed by atoms with Crippen LogP contribution in [0.1, 0.15) is 32.1 Å². The molecule has 1 fully saturated rings. The molecule has 1 aliphatic rings. The van der Waals surface area contributed by atoms with Gasteiger partial charge in [0.15, 0.2) is 0 Å². The van der Waals surface area contributed by atoms with Crippen molar-refractivity contribution < 1.29 is 9.59 Å². The maximum atomic E-state index is 11.8. The van der Waals surface area contributed by atoms with Crippen LogP contribution in [0.4, 0.5) is 5.69 Å². The maximum absolute atomic E-state index is 11.8. The Kier molecular flexibility index (Phi) is 7.95. The fraction of sp³-hybridized carbons (Fsp3) is 0.529. The quantitative estimate of drug-likeness (QED) is 0.733. The van der Waals surface area contributed by atoms with Crippen molar-refractivity contribution in [2.24, 2.45) is 5.92 Å². The molecule has 0 spiro atoms. The maximum Gasteiger partial charge on any atom is 0.234 e. The van der Waals surface area contributed by atoms with Gasteiger partial charge in [-0.2, -0.15) is 0 Å². The number of halogens is 1. The zero-order valence-electron chi connectivity index (χ0n) is 13.1. The topological polar surface area (TPSA) is 58.2 Å². The van der Waals surface area contributed by atoms with Crippen LogP contribution in [0.15, 0.2) is 28.7 Å². The summed E-state index contributed by atoms with van der Waals surface area (Å²) in [6.07, 6.45) is 6.34. The van der Waals surface area contributed by atoms with E-state index in [-0.39, 0.29) is 17.6 Å². The minimum Gasteiger partial charge on any atom is -0.355 e. The summed E-state index contributed by atoms with van der Waals surface area (Å²) in [5.74, 6) is 1.18. The Morgan fingerprint density at radius 1 is 1.13 bits per heavy atom. The molecule has 2 N–H and O–H groups in total. The SMILES string of the molecule is O=C(CSCC(=O)Nc1cccc(Br)c1)NCC1CCCCC1. The lowest BCUT2D eigenvalue weighted by atomic mass is 9.89. The van der Waals surface area contributed by atoms with Gasteiger partial charge in [-0.3, -0.25) is 9.59 Å². The highest BCUT2D eigenvalue weighted by molar-refractivity contribution is 9.10. The Balaban J connectivity index is 1.58. The molecule has 0 atom stereocenters. The van der Waals surface area contributed by atoms with Crippen LogP contribution in [0.25, 0.3) is 0 Å². The number of hydrogen-bond donors (Lipinski definition) is 2. The number of carbonyl (C=O) groups excluding carboxylic acids is 2. The summed E-state index contributed by atoms with van der Waals surface area (Å²) >= 11 is 4.71. The number of amides is 2. The molecule has 23 heavy (non-hydrogen) atoms. The van der Waals surface area contributed by atoms with E-state index >= 15 is 0 Å². The molecule has 0 aromatic heterocycles. The van der Waals surface area contributed by atoms with Crippen molar-refractivity contribution >= 4 is 45.2 Å². The average molecular weight is 399 g/mol. The number of carbonyl (C=O) groups is 2. The van der Waals surface area contributed by atoms with Crippen molar-refractivity contribution in [1.29, 1.82) is 0 Å². The molecule has 126 valence electrons. The first-order valence-corrected chi connectivity index (χ1v) is 9.98. The van der Waals surface area contributed by atoms with Crippen LogP contribution in [-0.4, -0.2) is 29.9 Å². The third-order valence-electron chi connectivity index (χ3n) is 3.89. The van der Waals surface area contributed by atoms with Crippen molar-refractivity contribution in [2.75, 3.05) is 23.4 Å². The van der Waals surface area contributed by atoms with Gasteiger partial charge in [0.2, 0.25) is 11.8 Å². The standard InChI is InChI=1S/C17H23BrN2O2S/c18-14-7-4-8-15(9-14)20-17(22)12-23-11-16(21)19-10-13-5-2-1-3-6-13/h4,7-9,13H,1-3,5-6,10-12H2,(H,19,21)(H,20,22). The zero-order valence-corrected chi connectivity index (χ0v) is 15.5. The van der Waals surface area contributed by atoms with E-state index in [4.69, 9.17) is 0 Å². The second kappa shape index (κ2) is 9.98. The summed E-state index contributed by atoms with van der Waals surface area (Å²) in [5.41, 5.74) is 0.756. The number of hydrogen-bond acceptors (Lipinski definition) is 3. The molecule has 0 saturated heterocycles. The van der Waals surface area contributed by atoms with Crippen molar-refractivity contribution in [1.82, 2.24) is 5.32 Å². The molecule has 1 aliphatic carbocycles. The van der Waals surface area contributed by atoms with Gasteiger partial charge in [0.25, 0.3) is 0 Å². The van der Waals surface area contributed by atoms with Crippen LogP contribution in [0.5, 0.6) is 0 Å². The molecule has 2 amide bonds. The predicted octanol–water partition coefficient (Wildman–Crippen LogP) is 3.82. The van der Waals surface area contributed by atoms with Crippen LogP contribution in [-0.2, 0) is 9.59 Å². The number of nitrogens with one attached hydrogen (secondary N) is 2. The van der Waals surface area contributed by atoms with Crippen molar-refractivity contribution in [2.45, 2.75) is 32.1 Å². The highest BCUT2D eigenvalue weighted by Gasteiger charge is 2.14. The second-order valence-electron chi connectivity index (χ2n) is 5.86. The number of anilines is 1. The van der Waals surface area contributed by atoms with Gasteiger partial charge >= 0.3 is 0 Å². The van der Waals surface area contributed by atoms with Gasteiger partial charge in [-0.1, -0.05) is 41.3 Å². The van der Waals surface area contributed by atoms with E-state index in [1.54, 1.807) is 0 Å². The van der Waals surface area contributed by atoms with E-state index in [0.29, 0.717) is 11.7 Å². The smallest absolute Gasteiger partial charge is 0.234 e. The molecule has 0 unspecified atom stereocenters. The molecule has 0 radical (unpaired) electrons. The van der Waals surface area contributed by atoms with E-state index in [0.717, 1.165) is 16.7 Å². The molecule has 0 aliphatic heterocycles. The lowest BCUT2D eigenvalue weighted by Gasteiger charge is -2.21. The lowest BCUT2D eigenvalue weighted by molar-refractivity contribution is -0.118. The summed E-state index contributed by atoms with van der Waals surface area (Å²) in [6, 6.07) is 7.45. The van der Waals surface area contributed by atoms with Gasteiger partial charge < -0.3 is 10.6 Å².